The predicted octanol–water partition coefficient (Wildman–Crippen LogP) is 3.39. The van der Waals surface area contributed by atoms with Crippen LogP contribution in [0.2, 0.25) is 0 Å². The first kappa shape index (κ1) is 15.4. The molecule has 1 aromatic carbocycles. The van der Waals surface area contributed by atoms with E-state index < -0.39 is 42.2 Å². The molecule has 0 atom stereocenters. The lowest BCUT2D eigenvalue weighted by Crippen LogP contribution is -2.35. The highest BCUT2D eigenvalue weighted by atomic mass is 19.4. The average molecular weight is 307 g/mol. The van der Waals surface area contributed by atoms with Crippen molar-refractivity contribution >= 4 is 16.8 Å². The van der Waals surface area contributed by atoms with Crippen molar-refractivity contribution in [3.05, 3.63) is 35.6 Å². The molecule has 0 bridgehead atoms. The minimum absolute atomic E-state index is 0.130. The van der Waals surface area contributed by atoms with E-state index >= 15 is 0 Å². The third-order valence-electron chi connectivity index (χ3n) is 2.78. The van der Waals surface area contributed by atoms with E-state index in [0.29, 0.717) is 4.90 Å². The van der Waals surface area contributed by atoms with E-state index in [1.54, 1.807) is 0 Å². The highest BCUT2D eigenvalue weighted by Gasteiger charge is 2.31. The molecule has 0 aliphatic carbocycles. The number of Topliss-reactive ketones (excluding diaryl/α,β-unsaturated/α-hetero) is 1. The first-order chi connectivity index (χ1) is 9.69. The van der Waals surface area contributed by atoms with Crippen LogP contribution in [0.5, 0.6) is 0 Å². The number of fused-ring (bicyclic) bond motifs is 1. The molecule has 0 unspecified atom stereocenters. The zero-order valence-corrected chi connectivity index (χ0v) is 10.8. The fourth-order valence-corrected chi connectivity index (χ4v) is 1.98. The zero-order chi connectivity index (χ0) is 15.8. The lowest BCUT2D eigenvalue weighted by Gasteiger charge is -2.17. The highest BCUT2D eigenvalue weighted by Crippen LogP contribution is 2.25. The number of halogens is 5. The van der Waals surface area contributed by atoms with Gasteiger partial charge in [-0.2, -0.15) is 13.2 Å². The van der Waals surface area contributed by atoms with Crippen LogP contribution in [-0.2, 0) is 0 Å². The van der Waals surface area contributed by atoms with Gasteiger partial charge >= 0.3 is 6.18 Å². The van der Waals surface area contributed by atoms with Gasteiger partial charge in [-0.15, -0.1) is 0 Å². The Morgan fingerprint density at radius 3 is 2.62 bits per heavy atom. The number of nitrogens with zero attached hydrogens (tertiary/aromatic N) is 1. The summed E-state index contributed by atoms with van der Waals surface area (Å²) in [6.45, 7) is -2.12. The van der Waals surface area contributed by atoms with Crippen LogP contribution in [0.25, 0.3) is 11.0 Å². The second kappa shape index (κ2) is 5.44. The molecule has 0 N–H and O–H groups in total. The quantitative estimate of drug-likeness (QED) is 0.641. The molecule has 0 amide bonds. The highest BCUT2D eigenvalue weighted by molar-refractivity contribution is 6.01. The fraction of sp³-hybridized carbons (Fsp3) is 0.308. The van der Waals surface area contributed by atoms with Gasteiger partial charge in [0.25, 0.3) is 0 Å². The smallest absolute Gasteiger partial charge is 0.401 e. The molecular weight excluding hydrogens is 297 g/mol. The normalized spacial score (nSPS) is 12.3. The lowest BCUT2D eigenvalue weighted by atomic mass is 10.1. The number of likely N-dealkylation sites (N-methyl/N-ethyl adjacent to an activating group) is 1. The van der Waals surface area contributed by atoms with Gasteiger partial charge in [-0.25, -0.2) is 8.78 Å². The summed E-state index contributed by atoms with van der Waals surface area (Å²) in [7, 11) is 1.03. The molecule has 8 heteroatoms. The van der Waals surface area contributed by atoms with E-state index in [1.807, 2.05) is 0 Å². The van der Waals surface area contributed by atoms with Gasteiger partial charge in [-0.1, -0.05) is 0 Å². The van der Waals surface area contributed by atoms with Crippen molar-refractivity contribution in [1.29, 1.82) is 0 Å². The number of carbonyl (C=O) groups is 1. The van der Waals surface area contributed by atoms with Crippen LogP contribution in [0.1, 0.15) is 10.4 Å². The molecule has 0 radical (unpaired) electrons. The van der Waals surface area contributed by atoms with E-state index in [4.69, 9.17) is 4.42 Å². The number of alkyl halides is 3. The monoisotopic (exact) mass is 307 g/mol. The van der Waals surface area contributed by atoms with E-state index in [0.717, 1.165) is 19.4 Å². The maximum atomic E-state index is 14.0. The Balaban J connectivity index is 2.27. The standard InChI is InChI=1S/C13H10F5NO2/c1-19(6-13(16,17)18)5-9(20)10-8(14)4-7-2-3-21-12(7)11(10)15/h2-4H,5-6H2,1H3. The minimum Gasteiger partial charge on any atom is -0.461 e. The van der Waals surface area contributed by atoms with Crippen LogP contribution in [0.3, 0.4) is 0 Å². The van der Waals surface area contributed by atoms with Gasteiger partial charge in [0.15, 0.2) is 17.2 Å². The van der Waals surface area contributed by atoms with Crippen molar-refractivity contribution in [1.82, 2.24) is 4.90 Å². The third kappa shape index (κ3) is 3.38. The Morgan fingerprint density at radius 2 is 2.00 bits per heavy atom. The van der Waals surface area contributed by atoms with Crippen LogP contribution in [0.4, 0.5) is 22.0 Å². The number of rotatable bonds is 4. The van der Waals surface area contributed by atoms with Gasteiger partial charge in [0.1, 0.15) is 5.82 Å². The number of hydrogen-bond donors (Lipinski definition) is 0. The minimum atomic E-state index is -4.50. The number of carbonyl (C=O) groups excluding carboxylic acids is 1. The summed E-state index contributed by atoms with van der Waals surface area (Å²) >= 11 is 0. The van der Waals surface area contributed by atoms with E-state index in [1.165, 1.54) is 6.07 Å². The molecule has 2 rings (SSSR count). The Labute approximate surface area is 115 Å². The first-order valence-corrected chi connectivity index (χ1v) is 5.82. The van der Waals surface area contributed by atoms with Crippen LogP contribution in [-0.4, -0.2) is 37.0 Å². The van der Waals surface area contributed by atoms with Gasteiger partial charge in [-0.05, 0) is 19.2 Å². The zero-order valence-electron chi connectivity index (χ0n) is 10.8. The van der Waals surface area contributed by atoms with E-state index in [9.17, 15) is 26.7 Å². The van der Waals surface area contributed by atoms with Crippen molar-refractivity contribution in [2.75, 3.05) is 20.1 Å². The van der Waals surface area contributed by atoms with Crippen LogP contribution >= 0.6 is 0 Å². The topological polar surface area (TPSA) is 33.5 Å². The molecule has 0 spiro atoms. The van der Waals surface area contributed by atoms with Gasteiger partial charge in [0, 0.05) is 5.39 Å². The summed E-state index contributed by atoms with van der Waals surface area (Å²) in [4.78, 5) is 12.4. The van der Waals surface area contributed by atoms with Gasteiger partial charge in [0.2, 0.25) is 0 Å². The maximum absolute atomic E-state index is 14.0. The molecule has 1 heterocycles. The van der Waals surface area contributed by atoms with Crippen molar-refractivity contribution in [2.45, 2.75) is 6.18 Å². The van der Waals surface area contributed by atoms with Crippen molar-refractivity contribution in [3.8, 4) is 0 Å². The summed E-state index contributed by atoms with van der Waals surface area (Å²) < 4.78 is 69.1. The van der Waals surface area contributed by atoms with Crippen molar-refractivity contribution in [2.24, 2.45) is 0 Å². The number of hydrogen-bond acceptors (Lipinski definition) is 3. The molecule has 21 heavy (non-hydrogen) atoms. The number of benzene rings is 1. The summed E-state index contributed by atoms with van der Waals surface area (Å²) in [5, 5.41) is 0.130. The van der Waals surface area contributed by atoms with E-state index in [2.05, 4.69) is 0 Å². The average Bonchev–Trinajstić information content (AvgIpc) is 2.73. The van der Waals surface area contributed by atoms with Gasteiger partial charge < -0.3 is 4.42 Å². The van der Waals surface area contributed by atoms with Crippen molar-refractivity contribution < 1.29 is 31.2 Å². The molecule has 114 valence electrons. The summed E-state index contributed by atoms with van der Waals surface area (Å²) in [6.07, 6.45) is -3.38. The van der Waals surface area contributed by atoms with E-state index in [-0.39, 0.29) is 11.0 Å². The number of furan rings is 1. The summed E-state index contributed by atoms with van der Waals surface area (Å²) in [5.74, 6) is -3.43. The molecule has 3 nitrogen and oxygen atoms in total. The molecule has 0 aliphatic heterocycles. The Kier molecular flexibility index (Phi) is 3.99. The maximum Gasteiger partial charge on any atom is 0.401 e. The Hall–Kier alpha value is -1.96. The summed E-state index contributed by atoms with van der Waals surface area (Å²) in [5.41, 5.74) is -1.20. The van der Waals surface area contributed by atoms with Gasteiger partial charge in [-0.3, -0.25) is 9.69 Å². The van der Waals surface area contributed by atoms with Gasteiger partial charge in [0.05, 0.1) is 24.9 Å². The van der Waals surface area contributed by atoms with Crippen LogP contribution in [0, 0.1) is 11.6 Å². The molecule has 0 saturated heterocycles. The molecular formula is C13H10F5NO2. The Morgan fingerprint density at radius 1 is 1.33 bits per heavy atom. The van der Waals surface area contributed by atoms with Crippen LogP contribution < -0.4 is 0 Å². The molecule has 0 saturated carbocycles. The first-order valence-electron chi connectivity index (χ1n) is 5.82. The predicted molar refractivity (Wildman–Crippen MR) is 64.0 cm³/mol. The largest absolute Gasteiger partial charge is 0.461 e. The molecule has 1 aromatic heterocycles. The third-order valence-corrected chi connectivity index (χ3v) is 2.78. The SMILES string of the molecule is CN(CC(=O)c1c(F)cc2ccoc2c1F)CC(F)(F)F. The van der Waals surface area contributed by atoms with Crippen molar-refractivity contribution in [3.63, 3.8) is 0 Å². The molecule has 0 aliphatic rings. The molecule has 0 fully saturated rings. The Bertz CT molecular complexity index is 677. The van der Waals surface area contributed by atoms with Crippen LogP contribution in [0.15, 0.2) is 22.8 Å². The fourth-order valence-electron chi connectivity index (χ4n) is 1.98. The molecule has 2 aromatic rings. The number of ketones is 1. The summed E-state index contributed by atoms with van der Waals surface area (Å²) in [6, 6.07) is 2.21. The second-order valence-electron chi connectivity index (χ2n) is 4.60. The second-order valence-corrected chi connectivity index (χ2v) is 4.60. The lowest BCUT2D eigenvalue weighted by molar-refractivity contribution is -0.141.